The van der Waals surface area contributed by atoms with Gasteiger partial charge in [-0.3, -0.25) is 14.2 Å². The predicted octanol–water partition coefficient (Wildman–Crippen LogP) is 2.97. The van der Waals surface area contributed by atoms with Crippen molar-refractivity contribution >= 4 is 11.6 Å². The first kappa shape index (κ1) is 16.5. The Balaban J connectivity index is 2.16. The second-order valence-corrected chi connectivity index (χ2v) is 5.65. The molecule has 3 aromatic rings. The van der Waals surface area contributed by atoms with Crippen molar-refractivity contribution in [3.05, 3.63) is 87.7 Å². The van der Waals surface area contributed by atoms with Crippen molar-refractivity contribution in [2.45, 2.75) is 6.92 Å². The highest BCUT2D eigenvalue weighted by Crippen LogP contribution is 2.23. The van der Waals surface area contributed by atoms with Gasteiger partial charge in [0.05, 0.1) is 18.4 Å². The first-order valence-electron chi connectivity index (χ1n) is 7.79. The normalized spacial score (nSPS) is 10.5. The fraction of sp³-hybridized carbons (Fsp3) is 0.100. The first-order valence-corrected chi connectivity index (χ1v) is 7.79. The molecule has 1 aromatic heterocycles. The standard InChI is InChI=1S/C20H18N2O3/c1-13-12-15(25-2)8-10-17(13)22-18(23)11-9-16(20(22)21)19(24)14-6-4-3-5-7-14/h3-12H,21H2,1-2H3. The molecule has 0 radical (unpaired) electrons. The van der Waals surface area contributed by atoms with Gasteiger partial charge in [-0.15, -0.1) is 0 Å². The number of nitrogens with zero attached hydrogens (tertiary/aromatic N) is 1. The molecule has 2 aromatic carbocycles. The van der Waals surface area contributed by atoms with Crippen LogP contribution in [0.25, 0.3) is 5.69 Å². The van der Waals surface area contributed by atoms with Crippen molar-refractivity contribution in [2.75, 3.05) is 12.8 Å². The molecule has 0 spiro atoms. The quantitative estimate of drug-likeness (QED) is 0.744. The Bertz CT molecular complexity index is 992. The van der Waals surface area contributed by atoms with Gasteiger partial charge in [-0.1, -0.05) is 30.3 Å². The lowest BCUT2D eigenvalue weighted by molar-refractivity contribution is 0.103. The summed E-state index contributed by atoms with van der Waals surface area (Å²) >= 11 is 0. The maximum absolute atomic E-state index is 12.7. The summed E-state index contributed by atoms with van der Waals surface area (Å²) < 4.78 is 6.55. The van der Waals surface area contributed by atoms with Gasteiger partial charge in [0.15, 0.2) is 5.78 Å². The molecule has 0 aliphatic heterocycles. The number of nitrogen functional groups attached to an aromatic ring is 1. The molecule has 5 heteroatoms. The topological polar surface area (TPSA) is 74.3 Å². The highest BCUT2D eigenvalue weighted by molar-refractivity contribution is 6.11. The molecular weight excluding hydrogens is 316 g/mol. The van der Waals surface area contributed by atoms with Gasteiger partial charge in [0.2, 0.25) is 0 Å². The summed E-state index contributed by atoms with van der Waals surface area (Å²) in [4.78, 5) is 25.1. The molecule has 25 heavy (non-hydrogen) atoms. The maximum Gasteiger partial charge on any atom is 0.256 e. The van der Waals surface area contributed by atoms with Crippen LogP contribution in [-0.4, -0.2) is 17.5 Å². The number of methoxy groups -OCH3 is 1. The SMILES string of the molecule is COc1ccc(-n2c(N)c(C(=O)c3ccccc3)ccc2=O)c(C)c1. The van der Waals surface area contributed by atoms with Gasteiger partial charge in [-0.05, 0) is 36.8 Å². The zero-order valence-electron chi connectivity index (χ0n) is 14.0. The van der Waals surface area contributed by atoms with Gasteiger partial charge in [-0.2, -0.15) is 0 Å². The number of carbonyl (C=O) groups is 1. The maximum atomic E-state index is 12.7. The summed E-state index contributed by atoms with van der Waals surface area (Å²) in [5, 5.41) is 0. The average molecular weight is 334 g/mol. The number of hydrogen-bond donors (Lipinski definition) is 1. The molecule has 2 N–H and O–H groups in total. The van der Waals surface area contributed by atoms with Crippen LogP contribution in [0.2, 0.25) is 0 Å². The largest absolute Gasteiger partial charge is 0.497 e. The zero-order chi connectivity index (χ0) is 18.0. The van der Waals surface area contributed by atoms with E-state index in [1.54, 1.807) is 43.5 Å². The van der Waals surface area contributed by atoms with Crippen molar-refractivity contribution < 1.29 is 9.53 Å². The minimum absolute atomic E-state index is 0.120. The first-order chi connectivity index (χ1) is 12.0. The lowest BCUT2D eigenvalue weighted by Crippen LogP contribution is -2.24. The van der Waals surface area contributed by atoms with Crippen LogP contribution in [-0.2, 0) is 0 Å². The van der Waals surface area contributed by atoms with Gasteiger partial charge in [0.25, 0.3) is 5.56 Å². The Labute approximate surface area is 145 Å². The van der Waals surface area contributed by atoms with E-state index in [1.165, 1.54) is 16.7 Å². The third kappa shape index (κ3) is 3.04. The van der Waals surface area contributed by atoms with Crippen LogP contribution in [0.4, 0.5) is 5.82 Å². The number of aryl methyl sites for hydroxylation is 1. The second-order valence-electron chi connectivity index (χ2n) is 5.65. The summed E-state index contributed by atoms with van der Waals surface area (Å²) in [6, 6.07) is 17.0. The molecule has 126 valence electrons. The molecule has 0 saturated carbocycles. The fourth-order valence-corrected chi connectivity index (χ4v) is 2.75. The molecule has 0 aliphatic rings. The number of anilines is 1. The highest BCUT2D eigenvalue weighted by Gasteiger charge is 2.17. The summed E-state index contributed by atoms with van der Waals surface area (Å²) in [6.07, 6.45) is 0. The second kappa shape index (κ2) is 6.65. The Hall–Kier alpha value is -3.34. The third-order valence-corrected chi connectivity index (χ3v) is 4.06. The van der Waals surface area contributed by atoms with Gasteiger partial charge >= 0.3 is 0 Å². The van der Waals surface area contributed by atoms with Crippen molar-refractivity contribution in [3.8, 4) is 11.4 Å². The molecule has 3 rings (SSSR count). The monoisotopic (exact) mass is 334 g/mol. The molecule has 0 saturated heterocycles. The number of carbonyl (C=O) groups excluding carboxylic acids is 1. The number of rotatable bonds is 4. The van der Waals surface area contributed by atoms with Gasteiger partial charge in [-0.25, -0.2) is 0 Å². The number of benzene rings is 2. The Morgan fingerprint density at radius 2 is 1.76 bits per heavy atom. The van der Waals surface area contributed by atoms with E-state index < -0.39 is 0 Å². The van der Waals surface area contributed by atoms with Crippen LogP contribution in [0.3, 0.4) is 0 Å². The number of pyridine rings is 1. The molecular formula is C20H18N2O3. The van der Waals surface area contributed by atoms with Crippen molar-refractivity contribution in [1.82, 2.24) is 4.57 Å². The van der Waals surface area contributed by atoms with E-state index >= 15 is 0 Å². The van der Waals surface area contributed by atoms with E-state index in [2.05, 4.69) is 0 Å². The van der Waals surface area contributed by atoms with E-state index in [4.69, 9.17) is 10.5 Å². The van der Waals surface area contributed by atoms with E-state index in [0.717, 1.165) is 5.56 Å². The van der Waals surface area contributed by atoms with E-state index in [9.17, 15) is 9.59 Å². The third-order valence-electron chi connectivity index (χ3n) is 4.06. The van der Waals surface area contributed by atoms with Gasteiger partial charge in [0, 0.05) is 11.6 Å². The number of nitrogens with two attached hydrogens (primary N) is 1. The van der Waals surface area contributed by atoms with E-state index in [-0.39, 0.29) is 17.2 Å². The average Bonchev–Trinajstić information content (AvgIpc) is 2.63. The lowest BCUT2D eigenvalue weighted by atomic mass is 10.0. The summed E-state index contributed by atoms with van der Waals surface area (Å²) in [7, 11) is 1.58. The number of ether oxygens (including phenoxy) is 1. The summed E-state index contributed by atoms with van der Waals surface area (Å²) in [6.45, 7) is 1.86. The van der Waals surface area contributed by atoms with Gasteiger partial charge < -0.3 is 10.5 Å². The van der Waals surface area contributed by atoms with Crippen molar-refractivity contribution in [1.29, 1.82) is 0 Å². The van der Waals surface area contributed by atoms with Crippen molar-refractivity contribution in [3.63, 3.8) is 0 Å². The van der Waals surface area contributed by atoms with E-state index in [1.807, 2.05) is 19.1 Å². The molecule has 0 unspecified atom stereocenters. The molecule has 0 amide bonds. The van der Waals surface area contributed by atoms with Crippen LogP contribution in [0, 0.1) is 6.92 Å². The Morgan fingerprint density at radius 1 is 1.04 bits per heavy atom. The van der Waals surface area contributed by atoms with E-state index in [0.29, 0.717) is 22.6 Å². The minimum Gasteiger partial charge on any atom is -0.497 e. The van der Waals surface area contributed by atoms with Crippen LogP contribution in [0.5, 0.6) is 5.75 Å². The summed E-state index contributed by atoms with van der Waals surface area (Å²) in [5.41, 5.74) is 8.15. The molecule has 1 heterocycles. The molecule has 0 fully saturated rings. The van der Waals surface area contributed by atoms with Crippen LogP contribution in [0.1, 0.15) is 21.5 Å². The van der Waals surface area contributed by atoms with Crippen molar-refractivity contribution in [2.24, 2.45) is 0 Å². The Kier molecular flexibility index (Phi) is 4.39. The molecule has 0 aliphatic carbocycles. The minimum atomic E-state index is -0.296. The number of ketones is 1. The van der Waals surface area contributed by atoms with Crippen LogP contribution >= 0.6 is 0 Å². The Morgan fingerprint density at radius 3 is 2.40 bits per heavy atom. The number of aromatic nitrogens is 1. The highest BCUT2D eigenvalue weighted by atomic mass is 16.5. The van der Waals surface area contributed by atoms with Crippen LogP contribution in [0.15, 0.2) is 65.5 Å². The zero-order valence-corrected chi connectivity index (χ0v) is 14.0. The van der Waals surface area contributed by atoms with Gasteiger partial charge in [0.1, 0.15) is 11.6 Å². The molecule has 5 nitrogen and oxygen atoms in total. The molecule has 0 bridgehead atoms. The fourth-order valence-electron chi connectivity index (χ4n) is 2.75. The van der Waals surface area contributed by atoms with Crippen LogP contribution < -0.4 is 16.0 Å². The smallest absolute Gasteiger partial charge is 0.256 e. The molecule has 0 atom stereocenters. The summed E-state index contributed by atoms with van der Waals surface area (Å²) in [5.74, 6) is 0.581. The predicted molar refractivity (Wildman–Crippen MR) is 97.6 cm³/mol. The lowest BCUT2D eigenvalue weighted by Gasteiger charge is -2.15. The number of hydrogen-bond acceptors (Lipinski definition) is 4.